The maximum absolute atomic E-state index is 3.72. The molecular formula is C7H13. The average Bonchev–Trinajstić information content (AvgIpc) is 1.69. The molecular weight excluding hydrogens is 84.1 g/mol. The first-order valence-electron chi connectivity index (χ1n) is 2.82. The van der Waals surface area contributed by atoms with Gasteiger partial charge in [0.2, 0.25) is 0 Å². The molecule has 0 saturated heterocycles. The molecule has 0 heteroatoms. The van der Waals surface area contributed by atoms with Crippen LogP contribution >= 0.6 is 0 Å². The molecule has 0 rings (SSSR count). The minimum atomic E-state index is 1.06. The van der Waals surface area contributed by atoms with Crippen LogP contribution in [0.15, 0.2) is 12.7 Å². The molecule has 0 amide bonds. The van der Waals surface area contributed by atoms with Crippen molar-refractivity contribution < 1.29 is 0 Å². The predicted octanol–water partition coefficient (Wildman–Crippen LogP) is 2.57. The minimum Gasteiger partial charge on any atom is -0.103 e. The number of hydrogen-bond donors (Lipinski definition) is 0. The zero-order valence-corrected chi connectivity index (χ0v) is 4.82. The van der Waals surface area contributed by atoms with E-state index in [4.69, 9.17) is 0 Å². The Morgan fingerprint density at radius 3 is 2.43 bits per heavy atom. The molecule has 1 radical (unpaired) electrons. The van der Waals surface area contributed by atoms with Gasteiger partial charge < -0.3 is 0 Å². The fraction of sp³-hybridized carbons (Fsp3) is 0.571. The van der Waals surface area contributed by atoms with Crippen LogP contribution < -0.4 is 0 Å². The van der Waals surface area contributed by atoms with Gasteiger partial charge in [-0.15, -0.1) is 6.58 Å². The maximum Gasteiger partial charge on any atom is -0.0353 e. The van der Waals surface area contributed by atoms with E-state index in [0.717, 1.165) is 12.8 Å². The number of rotatable bonds is 4. The van der Waals surface area contributed by atoms with Gasteiger partial charge in [0, 0.05) is 0 Å². The van der Waals surface area contributed by atoms with Crippen molar-refractivity contribution in [2.24, 2.45) is 0 Å². The summed E-state index contributed by atoms with van der Waals surface area (Å²) in [4.78, 5) is 0. The van der Waals surface area contributed by atoms with Gasteiger partial charge in [-0.2, -0.15) is 0 Å². The highest BCUT2D eigenvalue weighted by Crippen LogP contribution is 1.97. The highest BCUT2D eigenvalue weighted by atomic mass is 13.8. The highest BCUT2D eigenvalue weighted by Gasteiger charge is 1.77. The summed E-state index contributed by atoms with van der Waals surface area (Å²) in [7, 11) is 0. The first-order chi connectivity index (χ1) is 3.41. The quantitative estimate of drug-likeness (QED) is 0.373. The highest BCUT2D eigenvalue weighted by molar-refractivity contribution is 4.65. The van der Waals surface area contributed by atoms with Crippen LogP contribution in [0.1, 0.15) is 25.7 Å². The largest absolute Gasteiger partial charge is 0.103 e. The van der Waals surface area contributed by atoms with E-state index in [-0.39, 0.29) is 0 Å². The van der Waals surface area contributed by atoms with Crippen molar-refractivity contribution in [2.45, 2.75) is 25.7 Å². The molecule has 0 aromatic heterocycles. The van der Waals surface area contributed by atoms with Gasteiger partial charge in [0.1, 0.15) is 0 Å². The second-order valence-corrected chi connectivity index (χ2v) is 1.64. The zero-order valence-electron chi connectivity index (χ0n) is 4.82. The lowest BCUT2D eigenvalue weighted by atomic mass is 10.2. The van der Waals surface area contributed by atoms with Gasteiger partial charge >= 0.3 is 0 Å². The van der Waals surface area contributed by atoms with Crippen LogP contribution in [0.4, 0.5) is 0 Å². The summed E-state index contributed by atoms with van der Waals surface area (Å²) in [5.41, 5.74) is 0. The molecule has 0 aliphatic carbocycles. The summed E-state index contributed by atoms with van der Waals surface area (Å²) >= 11 is 0. The molecule has 0 aromatic rings. The Balaban J connectivity index is 2.56. The van der Waals surface area contributed by atoms with E-state index in [0.29, 0.717) is 0 Å². The summed E-state index contributed by atoms with van der Waals surface area (Å²) in [6.45, 7) is 7.34. The molecule has 0 saturated carbocycles. The molecule has 0 N–H and O–H groups in total. The zero-order chi connectivity index (χ0) is 5.54. The topological polar surface area (TPSA) is 0 Å². The van der Waals surface area contributed by atoms with E-state index in [9.17, 15) is 0 Å². The molecule has 0 nitrogen and oxygen atoms in total. The van der Waals surface area contributed by atoms with E-state index in [1.165, 1.54) is 12.8 Å². The molecule has 0 aliphatic heterocycles. The third-order valence-electron chi connectivity index (χ3n) is 0.908. The molecule has 0 heterocycles. The predicted molar refractivity (Wildman–Crippen MR) is 34.0 cm³/mol. The van der Waals surface area contributed by atoms with E-state index in [1.54, 1.807) is 0 Å². The van der Waals surface area contributed by atoms with Crippen molar-refractivity contribution in [3.05, 3.63) is 19.6 Å². The average molecular weight is 97.2 g/mol. The van der Waals surface area contributed by atoms with Crippen molar-refractivity contribution in [2.75, 3.05) is 0 Å². The minimum absolute atomic E-state index is 1.06. The molecule has 0 atom stereocenters. The number of unbranched alkanes of at least 4 members (excludes halogenated alkanes) is 3. The molecule has 7 heavy (non-hydrogen) atoms. The van der Waals surface area contributed by atoms with Crippen LogP contribution in [0.2, 0.25) is 0 Å². The molecule has 0 aromatic carbocycles. The normalized spacial score (nSPS) is 8.71. The molecule has 0 fully saturated rings. The van der Waals surface area contributed by atoms with E-state index >= 15 is 0 Å². The Morgan fingerprint density at radius 2 is 2.00 bits per heavy atom. The lowest BCUT2D eigenvalue weighted by molar-refractivity contribution is 0.761. The standard InChI is InChI=1S/C7H13/c1-3-5-7-6-4-2/h3H,1-2,4-7H2. The third-order valence-corrected chi connectivity index (χ3v) is 0.908. The second kappa shape index (κ2) is 5.74. The van der Waals surface area contributed by atoms with Crippen LogP contribution in [0, 0.1) is 6.92 Å². The van der Waals surface area contributed by atoms with Crippen molar-refractivity contribution in [1.29, 1.82) is 0 Å². The Morgan fingerprint density at radius 1 is 1.29 bits per heavy atom. The van der Waals surface area contributed by atoms with Gasteiger partial charge in [-0.3, -0.25) is 0 Å². The molecule has 0 aliphatic rings. The van der Waals surface area contributed by atoms with Gasteiger partial charge in [0.15, 0.2) is 0 Å². The third kappa shape index (κ3) is 5.74. The van der Waals surface area contributed by atoms with Gasteiger partial charge in [0.05, 0.1) is 0 Å². The van der Waals surface area contributed by atoms with Crippen LogP contribution in [0.3, 0.4) is 0 Å². The lowest BCUT2D eigenvalue weighted by Gasteiger charge is -1.87. The van der Waals surface area contributed by atoms with E-state index < -0.39 is 0 Å². The summed E-state index contributed by atoms with van der Waals surface area (Å²) in [6.07, 6.45) is 6.66. The van der Waals surface area contributed by atoms with Gasteiger partial charge in [-0.25, -0.2) is 0 Å². The smallest absolute Gasteiger partial charge is 0.0353 e. The summed E-state index contributed by atoms with van der Waals surface area (Å²) < 4.78 is 0. The van der Waals surface area contributed by atoms with Gasteiger partial charge in [-0.1, -0.05) is 25.8 Å². The Labute approximate surface area is 46.2 Å². The van der Waals surface area contributed by atoms with Crippen LogP contribution in [-0.2, 0) is 0 Å². The molecule has 0 bridgehead atoms. The molecule has 0 spiro atoms. The number of hydrogen-bond acceptors (Lipinski definition) is 0. The molecule has 41 valence electrons. The maximum atomic E-state index is 3.72. The summed E-state index contributed by atoms with van der Waals surface area (Å²) in [5.74, 6) is 0. The van der Waals surface area contributed by atoms with Crippen LogP contribution in [-0.4, -0.2) is 0 Å². The molecule has 0 unspecified atom stereocenters. The number of allylic oxidation sites excluding steroid dienone is 1. The fourth-order valence-corrected chi connectivity index (χ4v) is 0.465. The summed E-state index contributed by atoms with van der Waals surface area (Å²) in [6, 6.07) is 0. The van der Waals surface area contributed by atoms with E-state index in [2.05, 4.69) is 13.5 Å². The second-order valence-electron chi connectivity index (χ2n) is 1.64. The lowest BCUT2D eigenvalue weighted by Crippen LogP contribution is -1.68. The van der Waals surface area contributed by atoms with Crippen molar-refractivity contribution in [3.63, 3.8) is 0 Å². The fourth-order valence-electron chi connectivity index (χ4n) is 0.465. The first-order valence-corrected chi connectivity index (χ1v) is 2.82. The first kappa shape index (κ1) is 6.74. The van der Waals surface area contributed by atoms with E-state index in [1.807, 2.05) is 6.08 Å². The van der Waals surface area contributed by atoms with Gasteiger partial charge in [-0.05, 0) is 12.8 Å². The monoisotopic (exact) mass is 97.1 g/mol. The Kier molecular flexibility index (Phi) is 5.53. The Hall–Kier alpha value is -0.260. The van der Waals surface area contributed by atoms with Crippen LogP contribution in [0.5, 0.6) is 0 Å². The van der Waals surface area contributed by atoms with Crippen molar-refractivity contribution in [3.8, 4) is 0 Å². The summed E-state index contributed by atoms with van der Waals surface area (Å²) in [5, 5.41) is 0. The van der Waals surface area contributed by atoms with Crippen molar-refractivity contribution in [1.82, 2.24) is 0 Å². The SMILES string of the molecule is [CH2]CCCCC=C. The Bertz CT molecular complexity index is 37.3. The van der Waals surface area contributed by atoms with Gasteiger partial charge in [0.25, 0.3) is 0 Å². The van der Waals surface area contributed by atoms with Crippen LogP contribution in [0.25, 0.3) is 0 Å². The van der Waals surface area contributed by atoms with Crippen molar-refractivity contribution >= 4 is 0 Å².